The van der Waals surface area contributed by atoms with Gasteiger partial charge in [0.25, 0.3) is 0 Å². The summed E-state index contributed by atoms with van der Waals surface area (Å²) < 4.78 is 9.51. The van der Waals surface area contributed by atoms with Gasteiger partial charge in [-0.2, -0.15) is 0 Å². The van der Waals surface area contributed by atoms with Crippen LogP contribution in [0, 0.1) is 0 Å². The second-order valence-corrected chi connectivity index (χ2v) is 7.04. The van der Waals surface area contributed by atoms with Crippen molar-refractivity contribution in [1.82, 2.24) is 0 Å². The summed E-state index contributed by atoms with van der Waals surface area (Å²) in [7, 11) is 0. The van der Waals surface area contributed by atoms with Crippen LogP contribution in [0.5, 0.6) is 0 Å². The Hall–Kier alpha value is 1.62. The minimum Gasteiger partial charge on any atom is -0.271 e. The third-order valence-corrected chi connectivity index (χ3v) is 0. The van der Waals surface area contributed by atoms with E-state index < -0.39 is 5.20 Å². The van der Waals surface area contributed by atoms with Gasteiger partial charge in [0.15, 0.2) is 0 Å². The van der Waals surface area contributed by atoms with Gasteiger partial charge in [0.05, 0.1) is 0 Å². The molecule has 0 rings (SSSR count). The predicted molar refractivity (Wildman–Crippen MR) is 25.2 cm³/mol. The Morgan fingerprint density at radius 3 is 1.17 bits per heavy atom. The molecule has 0 atom stereocenters. The van der Waals surface area contributed by atoms with E-state index in [9.17, 15) is 4.57 Å². The van der Waals surface area contributed by atoms with Crippen LogP contribution in [0.1, 0.15) is 0 Å². The van der Waals surface area contributed by atoms with Crippen LogP contribution in [-0.4, -0.2) is 0 Å². The van der Waals surface area contributed by atoms with Crippen molar-refractivity contribution in [3.63, 3.8) is 0 Å². The predicted octanol–water partition coefficient (Wildman–Crippen LogP) is 2.81. The summed E-state index contributed by atoms with van der Waals surface area (Å²) in [5, 5.41) is -3.22. The molecule has 0 aliphatic carbocycles. The van der Waals surface area contributed by atoms with Crippen molar-refractivity contribution in [2.24, 2.45) is 0 Å². The Kier molecular flexibility index (Phi) is 6.34. The van der Waals surface area contributed by atoms with Gasteiger partial charge in [0, 0.05) is 17.1 Å². The minimum atomic E-state index is -3.22. The number of rotatable bonds is 0. The first kappa shape index (κ1) is 10.6. The molecule has 0 unspecified atom stereocenters. The molecule has 6 heteroatoms. The molecule has 43 valence electrons. The molecule has 0 aromatic rings. The zero-order chi connectivity index (χ0) is 4.50. The molecule has 1 radical (unpaired) electrons. The standard InChI is InChI=1S/Cl3OP.Cu/c1-5(2,3)4;. The normalized spacial score (nSPS) is 9.83. The van der Waals surface area contributed by atoms with E-state index in [1.807, 2.05) is 0 Å². The van der Waals surface area contributed by atoms with Gasteiger partial charge < -0.3 is 0 Å². The molecule has 0 N–H and O–H groups in total. The van der Waals surface area contributed by atoms with E-state index in [0.717, 1.165) is 0 Å². The van der Waals surface area contributed by atoms with E-state index in [-0.39, 0.29) is 17.1 Å². The van der Waals surface area contributed by atoms with Crippen LogP contribution < -0.4 is 0 Å². The van der Waals surface area contributed by atoms with Gasteiger partial charge in [-0.15, -0.1) is 0 Å². The molecular formula is Cl3CuOP. The van der Waals surface area contributed by atoms with E-state index in [4.69, 9.17) is 0 Å². The maximum atomic E-state index is 9.51. The Labute approximate surface area is 60.5 Å². The van der Waals surface area contributed by atoms with Crippen LogP contribution in [-0.2, 0) is 21.6 Å². The summed E-state index contributed by atoms with van der Waals surface area (Å²) >= 11 is 13.8. The molecule has 6 heavy (non-hydrogen) atoms. The fourth-order valence-electron chi connectivity index (χ4n) is 0. The van der Waals surface area contributed by atoms with Crippen molar-refractivity contribution in [2.75, 3.05) is 0 Å². The summed E-state index contributed by atoms with van der Waals surface area (Å²) in [5.74, 6) is 0. The molecule has 0 saturated carbocycles. The number of hydrogen-bond donors (Lipinski definition) is 0. The first-order valence-electron chi connectivity index (χ1n) is 0.690. The molecule has 0 bridgehead atoms. The SMILES string of the molecule is O=P(Cl)(Cl)Cl.[Cu]. The quantitative estimate of drug-likeness (QED) is 0.450. The van der Waals surface area contributed by atoms with E-state index in [1.54, 1.807) is 0 Å². The van der Waals surface area contributed by atoms with Crippen LogP contribution in [0.15, 0.2) is 0 Å². The average molecular weight is 217 g/mol. The molecule has 0 saturated heterocycles. The van der Waals surface area contributed by atoms with Gasteiger partial charge in [-0.05, 0) is 33.7 Å². The monoisotopic (exact) mass is 215 g/mol. The minimum absolute atomic E-state index is 0. The van der Waals surface area contributed by atoms with E-state index >= 15 is 0 Å². The molecule has 0 fully saturated rings. The molecule has 0 aliphatic heterocycles. The van der Waals surface area contributed by atoms with Crippen molar-refractivity contribution < 1.29 is 21.6 Å². The maximum absolute atomic E-state index is 9.51. The smallest absolute Gasteiger partial charge is 0.271 e. The Morgan fingerprint density at radius 1 is 1.17 bits per heavy atom. The number of hydrogen-bond acceptors (Lipinski definition) is 1. The van der Waals surface area contributed by atoms with Crippen molar-refractivity contribution in [3.8, 4) is 0 Å². The zero-order valence-corrected chi connectivity index (χ0v) is 6.39. The zero-order valence-electron chi connectivity index (χ0n) is 2.29. The third kappa shape index (κ3) is 45.7. The number of halogens is 3. The fourth-order valence-corrected chi connectivity index (χ4v) is 0. The summed E-state index contributed by atoms with van der Waals surface area (Å²) in [4.78, 5) is 0. The van der Waals surface area contributed by atoms with Gasteiger partial charge in [0.2, 0.25) is 0 Å². The van der Waals surface area contributed by atoms with E-state index in [2.05, 4.69) is 33.7 Å². The maximum Gasteiger partial charge on any atom is 0.339 e. The van der Waals surface area contributed by atoms with Gasteiger partial charge in [-0.3, -0.25) is 4.57 Å². The van der Waals surface area contributed by atoms with Gasteiger partial charge in [-0.1, -0.05) is 0 Å². The molecule has 0 spiro atoms. The second-order valence-electron chi connectivity index (χ2n) is 0.399. The van der Waals surface area contributed by atoms with E-state index in [1.165, 1.54) is 0 Å². The molecule has 0 aromatic heterocycles. The summed E-state index contributed by atoms with van der Waals surface area (Å²) in [5.41, 5.74) is 0. The third-order valence-electron chi connectivity index (χ3n) is 0. The summed E-state index contributed by atoms with van der Waals surface area (Å²) in [6.45, 7) is 0. The summed E-state index contributed by atoms with van der Waals surface area (Å²) in [6, 6.07) is 0. The molecule has 0 heterocycles. The second kappa shape index (κ2) is 3.60. The van der Waals surface area contributed by atoms with Crippen LogP contribution in [0.3, 0.4) is 0 Å². The largest absolute Gasteiger partial charge is 0.339 e. The first-order chi connectivity index (χ1) is 2.00. The van der Waals surface area contributed by atoms with Crippen LogP contribution in [0.25, 0.3) is 0 Å². The van der Waals surface area contributed by atoms with Gasteiger partial charge in [0.1, 0.15) is 0 Å². The topological polar surface area (TPSA) is 17.1 Å². The molecule has 0 amide bonds. The van der Waals surface area contributed by atoms with Crippen molar-refractivity contribution >= 4 is 38.9 Å². The Bertz CT molecular complexity index is 56.9. The van der Waals surface area contributed by atoms with Crippen LogP contribution in [0.2, 0.25) is 0 Å². The van der Waals surface area contributed by atoms with Crippen molar-refractivity contribution in [3.05, 3.63) is 0 Å². The molecule has 0 aromatic carbocycles. The summed E-state index contributed by atoms with van der Waals surface area (Å²) in [6.07, 6.45) is 0. The van der Waals surface area contributed by atoms with Crippen LogP contribution >= 0.6 is 38.9 Å². The average Bonchev–Trinajstić information content (AvgIpc) is 0.722. The van der Waals surface area contributed by atoms with E-state index in [0.29, 0.717) is 0 Å². The molecule has 0 aliphatic rings. The van der Waals surface area contributed by atoms with Crippen molar-refractivity contribution in [2.45, 2.75) is 0 Å². The molecule has 1 nitrogen and oxygen atoms in total. The van der Waals surface area contributed by atoms with Gasteiger partial charge >= 0.3 is 5.20 Å². The molecular weight excluding hydrogens is 217 g/mol. The first-order valence-corrected chi connectivity index (χ1v) is 5.11. The van der Waals surface area contributed by atoms with Crippen molar-refractivity contribution in [1.29, 1.82) is 0 Å². The van der Waals surface area contributed by atoms with Gasteiger partial charge in [-0.25, -0.2) is 0 Å². The Morgan fingerprint density at radius 2 is 1.17 bits per heavy atom. The Balaban J connectivity index is 0. The van der Waals surface area contributed by atoms with Crippen LogP contribution in [0.4, 0.5) is 0 Å². The fraction of sp³-hybridized carbons (Fsp3) is 0.